The summed E-state index contributed by atoms with van der Waals surface area (Å²) in [6.45, 7) is 2.13. The van der Waals surface area contributed by atoms with Crippen molar-refractivity contribution in [1.82, 2.24) is 4.98 Å². The van der Waals surface area contributed by atoms with Crippen molar-refractivity contribution in [3.8, 4) is 33.5 Å². The molecule has 2 heteroatoms. The monoisotopic (exact) mass is 499 g/mol. The van der Waals surface area contributed by atoms with E-state index >= 15 is 0 Å². The Bertz CT molecular complexity index is 1260. The van der Waals surface area contributed by atoms with E-state index < -0.39 is 0 Å². The van der Waals surface area contributed by atoms with Gasteiger partial charge in [-0.05, 0) is 49.4 Å². The third-order valence-electron chi connectivity index (χ3n) is 5.38. The Morgan fingerprint density at radius 3 is 1.80 bits per heavy atom. The molecule has 1 N–H and O–H groups in total. The van der Waals surface area contributed by atoms with Gasteiger partial charge in [-0.2, -0.15) is 0 Å². The molecule has 2 heterocycles. The number of nitrogens with one attached hydrogen (secondary N) is 1. The van der Waals surface area contributed by atoms with Gasteiger partial charge >= 0.3 is 0 Å². The van der Waals surface area contributed by atoms with Crippen molar-refractivity contribution in [1.29, 1.82) is 0 Å². The second kappa shape index (κ2) is 8.41. The van der Waals surface area contributed by atoms with Gasteiger partial charge in [-0.3, -0.25) is 0 Å². The fourth-order valence-electron chi connectivity index (χ4n) is 3.91. The Kier molecular flexibility index (Phi) is 5.33. The molecule has 0 spiro atoms. The fraction of sp³-hybridized carbons (Fsp3) is 0.0357. The Morgan fingerprint density at radius 1 is 0.633 bits per heavy atom. The van der Waals surface area contributed by atoms with Gasteiger partial charge in [0.1, 0.15) is 0 Å². The summed E-state index contributed by atoms with van der Waals surface area (Å²) < 4.78 is 4.66. The first kappa shape index (κ1) is 19.0. The summed E-state index contributed by atoms with van der Waals surface area (Å²) in [5.74, 6) is 0. The van der Waals surface area contributed by atoms with Crippen LogP contribution in [0.5, 0.6) is 0 Å². The van der Waals surface area contributed by atoms with Gasteiger partial charge in [0.05, 0.1) is 11.4 Å². The zero-order valence-corrected chi connectivity index (χ0v) is 18.9. The van der Waals surface area contributed by atoms with Crippen molar-refractivity contribution in [2.75, 3.05) is 0 Å². The summed E-state index contributed by atoms with van der Waals surface area (Å²) in [6.07, 6.45) is 4.55. The van der Waals surface area contributed by atoms with Crippen molar-refractivity contribution < 1.29 is 0 Å². The average molecular weight is 499 g/mol. The maximum absolute atomic E-state index is 3.83. The minimum absolute atomic E-state index is 0.0407. The molecule has 0 radical (unpaired) electrons. The Hall–Kier alpha value is -2.98. The van der Waals surface area contributed by atoms with Gasteiger partial charge in [-0.15, -0.1) is 0 Å². The quantitative estimate of drug-likeness (QED) is 0.274. The van der Waals surface area contributed by atoms with Crippen LogP contribution in [0.1, 0.15) is 11.3 Å². The normalized spacial score (nSPS) is 13.0. The standard InChI is InChI=1S/C28H22IN/c1-20-12-14-23(15-13-20)27-25(21-8-4-2-5-9-21)26(22-10-6-3-7-11-22)28(30-27)24-16-18-29-19-17-24/h2-19,30H,1H3. The molecule has 0 fully saturated rings. The number of aryl methyl sites for hydroxylation is 1. The maximum atomic E-state index is 3.83. The van der Waals surface area contributed by atoms with E-state index in [9.17, 15) is 0 Å². The van der Waals surface area contributed by atoms with Crippen molar-refractivity contribution in [3.63, 3.8) is 0 Å². The molecule has 0 saturated carbocycles. The van der Waals surface area contributed by atoms with Crippen LogP contribution < -0.4 is 0 Å². The lowest BCUT2D eigenvalue weighted by atomic mass is 9.91. The molecule has 3 aromatic carbocycles. The maximum Gasteiger partial charge on any atom is 0.0545 e. The zero-order chi connectivity index (χ0) is 20.3. The van der Waals surface area contributed by atoms with Crippen LogP contribution in [0.4, 0.5) is 0 Å². The van der Waals surface area contributed by atoms with E-state index in [1.165, 1.54) is 50.3 Å². The van der Waals surface area contributed by atoms with Gasteiger partial charge in [0.15, 0.2) is 0 Å². The number of allylic oxidation sites excluding steroid dienone is 3. The van der Waals surface area contributed by atoms with E-state index in [1.54, 1.807) is 0 Å². The average Bonchev–Trinajstić information content (AvgIpc) is 3.22. The molecule has 30 heavy (non-hydrogen) atoms. The Balaban J connectivity index is 1.86. The van der Waals surface area contributed by atoms with E-state index in [0.717, 1.165) is 0 Å². The number of hydrogen-bond donors (Lipinski definition) is 1. The molecule has 4 aromatic rings. The van der Waals surface area contributed by atoms with Crippen LogP contribution in [0.2, 0.25) is 0 Å². The minimum Gasteiger partial charge on any atom is -0.353 e. The van der Waals surface area contributed by atoms with Gasteiger partial charge in [-0.1, -0.05) is 111 Å². The van der Waals surface area contributed by atoms with Gasteiger partial charge in [0.25, 0.3) is 0 Å². The molecule has 1 aliphatic heterocycles. The van der Waals surface area contributed by atoms with Crippen LogP contribution in [0.25, 0.3) is 39.1 Å². The van der Waals surface area contributed by atoms with Crippen molar-refractivity contribution in [3.05, 3.63) is 112 Å². The summed E-state index contributed by atoms with van der Waals surface area (Å²) in [6, 6.07) is 30.3. The van der Waals surface area contributed by atoms with Crippen LogP contribution in [0.15, 0.2) is 101 Å². The largest absolute Gasteiger partial charge is 0.353 e. The molecule has 0 amide bonds. The predicted molar refractivity (Wildman–Crippen MR) is 139 cm³/mol. The van der Waals surface area contributed by atoms with E-state index in [1.807, 2.05) is 0 Å². The van der Waals surface area contributed by atoms with Gasteiger partial charge in [0, 0.05) is 11.1 Å². The lowest BCUT2D eigenvalue weighted by molar-refractivity contribution is 1.35. The minimum atomic E-state index is 0.0407. The highest BCUT2D eigenvalue weighted by Crippen LogP contribution is 2.45. The molecule has 0 unspecified atom stereocenters. The second-order valence-electron chi connectivity index (χ2n) is 7.39. The molecule has 1 nitrogen and oxygen atoms in total. The molecule has 146 valence electrons. The number of rotatable bonds is 4. The lowest BCUT2D eigenvalue weighted by Crippen LogP contribution is -1.89. The lowest BCUT2D eigenvalue weighted by Gasteiger charge is -2.11. The van der Waals surface area contributed by atoms with Crippen molar-refractivity contribution >= 4 is 30.3 Å². The molecule has 0 aliphatic carbocycles. The highest BCUT2D eigenvalue weighted by Gasteiger charge is 2.22. The molecule has 1 aliphatic rings. The summed E-state index contributed by atoms with van der Waals surface area (Å²) in [5.41, 5.74) is 11.1. The van der Waals surface area contributed by atoms with Crippen LogP contribution in [0, 0.1) is 6.92 Å². The Labute approximate surface area is 187 Å². The van der Waals surface area contributed by atoms with Crippen LogP contribution in [-0.4, -0.2) is 9.00 Å². The third kappa shape index (κ3) is 3.63. The van der Waals surface area contributed by atoms with E-state index in [0.29, 0.717) is 0 Å². The van der Waals surface area contributed by atoms with Gasteiger partial charge < -0.3 is 4.98 Å². The summed E-state index contributed by atoms with van der Waals surface area (Å²) in [5, 5.41) is 0. The van der Waals surface area contributed by atoms with Crippen molar-refractivity contribution in [2.24, 2.45) is 0 Å². The van der Waals surface area contributed by atoms with Crippen LogP contribution >= 0.6 is 20.7 Å². The zero-order valence-electron chi connectivity index (χ0n) is 16.8. The molecular weight excluding hydrogens is 477 g/mol. The first-order chi connectivity index (χ1) is 14.8. The number of hydrogen-bond acceptors (Lipinski definition) is 0. The van der Waals surface area contributed by atoms with Crippen LogP contribution in [-0.2, 0) is 0 Å². The topological polar surface area (TPSA) is 15.8 Å². The molecule has 1 aromatic heterocycles. The highest BCUT2D eigenvalue weighted by atomic mass is 127. The number of benzene rings is 3. The molecule has 5 rings (SSSR count). The third-order valence-corrected chi connectivity index (χ3v) is 6.93. The van der Waals surface area contributed by atoms with Crippen molar-refractivity contribution in [2.45, 2.75) is 6.92 Å². The van der Waals surface area contributed by atoms with Gasteiger partial charge in [0.2, 0.25) is 0 Å². The smallest absolute Gasteiger partial charge is 0.0545 e. The molecule has 0 atom stereocenters. The Morgan fingerprint density at radius 2 is 1.23 bits per heavy atom. The van der Waals surface area contributed by atoms with E-state index in [4.69, 9.17) is 0 Å². The number of halogens is 1. The fourth-order valence-corrected chi connectivity index (χ4v) is 5.34. The molecule has 0 bridgehead atoms. The first-order valence-electron chi connectivity index (χ1n) is 10.1. The summed E-state index contributed by atoms with van der Waals surface area (Å²) in [7, 11) is 0. The first-order valence-corrected chi connectivity index (χ1v) is 12.6. The molecule has 0 saturated heterocycles. The SMILES string of the molecule is Cc1ccc(-c2[nH]c(C3=CC=IC=C3)c(-c3ccccc3)c2-c2ccccc2)cc1. The predicted octanol–water partition coefficient (Wildman–Crippen LogP) is 8.01. The summed E-state index contributed by atoms with van der Waals surface area (Å²) >= 11 is 0.0407. The highest BCUT2D eigenvalue weighted by molar-refractivity contribution is 14.2. The molecular formula is C28H22IN. The van der Waals surface area contributed by atoms with E-state index in [2.05, 4.69) is 117 Å². The number of H-pyrrole nitrogens is 1. The number of aromatic amines is 1. The number of aromatic nitrogens is 1. The van der Waals surface area contributed by atoms with Gasteiger partial charge in [-0.25, -0.2) is 0 Å². The van der Waals surface area contributed by atoms with Crippen LogP contribution in [0.3, 0.4) is 0 Å². The van der Waals surface area contributed by atoms with E-state index in [-0.39, 0.29) is 20.7 Å². The summed E-state index contributed by atoms with van der Waals surface area (Å²) in [4.78, 5) is 3.83. The second-order valence-corrected chi connectivity index (χ2v) is 9.55.